The van der Waals surface area contributed by atoms with Gasteiger partial charge in [-0.3, -0.25) is 24.6 Å². The maximum atomic E-state index is 13.7. The number of sulfonamides is 1. The molecule has 1 heterocycles. The van der Waals surface area contributed by atoms with Crippen molar-refractivity contribution < 1.29 is 27.6 Å². The van der Waals surface area contributed by atoms with Crippen molar-refractivity contribution in [1.82, 2.24) is 25.7 Å². The lowest BCUT2D eigenvalue weighted by Crippen LogP contribution is -2.56. The molecule has 9 N–H and O–H groups in total. The SMILES string of the molecule is CS(=O)(=O)N[C@@H](CCC(N)=O)C(=O)N[C@@H](Cc1ccccc1)C(=O)NC(CCCNC(=N)N)C(=O)c1nc2ccccc2s1. The highest BCUT2D eigenvalue weighted by Gasteiger charge is 2.31. The van der Waals surface area contributed by atoms with Gasteiger partial charge in [0.2, 0.25) is 33.5 Å². The molecule has 0 saturated carbocycles. The Balaban J connectivity index is 1.87. The molecule has 3 atom stereocenters. The number of nitrogens with two attached hydrogens (primary N) is 2. The smallest absolute Gasteiger partial charge is 0.243 e. The van der Waals surface area contributed by atoms with E-state index in [1.807, 2.05) is 12.1 Å². The van der Waals surface area contributed by atoms with E-state index < -0.39 is 51.7 Å². The zero-order valence-corrected chi connectivity index (χ0v) is 25.7. The first-order valence-corrected chi connectivity index (χ1v) is 16.4. The van der Waals surface area contributed by atoms with Gasteiger partial charge in [0.05, 0.1) is 22.5 Å². The summed E-state index contributed by atoms with van der Waals surface area (Å²) < 4.78 is 26.8. The maximum Gasteiger partial charge on any atom is 0.243 e. The van der Waals surface area contributed by atoms with E-state index >= 15 is 0 Å². The molecule has 3 aromatic rings. The normalized spacial score (nSPS) is 13.4. The number of hydrogen-bond acceptors (Lipinski definition) is 9. The Morgan fingerprint density at radius 3 is 2.18 bits per heavy atom. The number of nitrogens with zero attached hydrogens (tertiary/aromatic N) is 1. The van der Waals surface area contributed by atoms with Gasteiger partial charge in [0.1, 0.15) is 12.1 Å². The summed E-state index contributed by atoms with van der Waals surface area (Å²) in [5.74, 6) is -2.92. The van der Waals surface area contributed by atoms with Crippen LogP contribution in [-0.2, 0) is 30.8 Å². The van der Waals surface area contributed by atoms with Gasteiger partial charge in [-0.25, -0.2) is 18.1 Å². The second-order valence-corrected chi connectivity index (χ2v) is 12.9. The molecular formula is C28H36N8O6S2. The molecule has 1 unspecified atom stereocenters. The molecule has 0 spiro atoms. The van der Waals surface area contributed by atoms with Crippen LogP contribution in [0.15, 0.2) is 54.6 Å². The maximum absolute atomic E-state index is 13.7. The van der Waals surface area contributed by atoms with Crippen molar-refractivity contribution in [3.05, 3.63) is 65.2 Å². The number of amides is 3. The topological polar surface area (TPSA) is 239 Å². The van der Waals surface area contributed by atoms with Crippen molar-refractivity contribution in [2.24, 2.45) is 11.5 Å². The van der Waals surface area contributed by atoms with E-state index in [-0.39, 0.29) is 43.2 Å². The van der Waals surface area contributed by atoms with Crippen molar-refractivity contribution in [3.63, 3.8) is 0 Å². The number of para-hydroxylation sites is 1. The van der Waals surface area contributed by atoms with Gasteiger partial charge >= 0.3 is 0 Å². The number of aromatic nitrogens is 1. The number of fused-ring (bicyclic) bond motifs is 1. The molecule has 0 aliphatic carbocycles. The lowest BCUT2D eigenvalue weighted by atomic mass is 10.0. The molecule has 44 heavy (non-hydrogen) atoms. The molecule has 236 valence electrons. The molecule has 3 rings (SSSR count). The number of carbonyl (C=O) groups excluding carboxylic acids is 4. The van der Waals surface area contributed by atoms with Crippen LogP contribution in [0.2, 0.25) is 0 Å². The number of benzene rings is 2. The average molecular weight is 645 g/mol. The molecular weight excluding hydrogens is 608 g/mol. The molecule has 1 aromatic heterocycles. The summed E-state index contributed by atoms with van der Waals surface area (Å²) in [5, 5.41) is 15.6. The Labute approximate surface area is 258 Å². The first-order valence-electron chi connectivity index (χ1n) is 13.7. The van der Waals surface area contributed by atoms with Crippen LogP contribution in [0.25, 0.3) is 10.2 Å². The largest absolute Gasteiger partial charge is 0.370 e. The number of hydrogen-bond donors (Lipinski definition) is 7. The first-order chi connectivity index (χ1) is 20.8. The van der Waals surface area contributed by atoms with Gasteiger partial charge in [-0.15, -0.1) is 11.3 Å². The number of ketones is 1. The number of carbonyl (C=O) groups is 4. The zero-order chi connectivity index (χ0) is 32.3. The Hall–Kier alpha value is -4.41. The monoisotopic (exact) mass is 644 g/mol. The van der Waals surface area contributed by atoms with Crippen LogP contribution >= 0.6 is 11.3 Å². The fourth-order valence-electron chi connectivity index (χ4n) is 4.32. The Bertz CT molecular complexity index is 1560. The van der Waals surface area contributed by atoms with Crippen LogP contribution < -0.4 is 32.1 Å². The highest BCUT2D eigenvalue weighted by molar-refractivity contribution is 7.88. The molecule has 0 aliphatic rings. The summed E-state index contributed by atoms with van der Waals surface area (Å²) in [6, 6.07) is 12.4. The quantitative estimate of drug-likeness (QED) is 0.0457. The fourth-order valence-corrected chi connectivity index (χ4v) is 6.02. The minimum atomic E-state index is -3.87. The van der Waals surface area contributed by atoms with Gasteiger partial charge in [-0.2, -0.15) is 0 Å². The van der Waals surface area contributed by atoms with E-state index in [0.29, 0.717) is 17.5 Å². The highest BCUT2D eigenvalue weighted by Crippen LogP contribution is 2.23. The lowest BCUT2D eigenvalue weighted by molar-refractivity contribution is -0.130. The highest BCUT2D eigenvalue weighted by atomic mass is 32.2. The zero-order valence-electron chi connectivity index (χ0n) is 24.0. The molecule has 0 fully saturated rings. The molecule has 0 aliphatic heterocycles. The summed E-state index contributed by atoms with van der Waals surface area (Å²) in [6.07, 6.45) is 0.922. The van der Waals surface area contributed by atoms with Crippen LogP contribution in [0, 0.1) is 5.41 Å². The average Bonchev–Trinajstić information content (AvgIpc) is 3.40. The minimum Gasteiger partial charge on any atom is -0.370 e. The molecule has 3 amide bonds. The lowest BCUT2D eigenvalue weighted by Gasteiger charge is -2.25. The summed E-state index contributed by atoms with van der Waals surface area (Å²) in [5.41, 5.74) is 11.9. The number of thiazole rings is 1. The predicted octanol–water partition coefficient (Wildman–Crippen LogP) is 0.138. The fraction of sp³-hybridized carbons (Fsp3) is 0.357. The summed E-state index contributed by atoms with van der Waals surface area (Å²) in [6.45, 7) is 0.276. The van der Waals surface area contributed by atoms with Crippen LogP contribution in [0.3, 0.4) is 0 Å². The summed E-state index contributed by atoms with van der Waals surface area (Å²) in [4.78, 5) is 56.4. The van der Waals surface area contributed by atoms with Crippen molar-refractivity contribution in [2.45, 2.75) is 50.2 Å². The predicted molar refractivity (Wildman–Crippen MR) is 167 cm³/mol. The molecule has 0 bridgehead atoms. The van der Waals surface area contributed by atoms with Gasteiger partial charge in [0, 0.05) is 19.4 Å². The van der Waals surface area contributed by atoms with E-state index in [4.69, 9.17) is 16.9 Å². The molecule has 2 aromatic carbocycles. The van der Waals surface area contributed by atoms with E-state index in [2.05, 4.69) is 25.7 Å². The molecule has 16 heteroatoms. The van der Waals surface area contributed by atoms with E-state index in [0.717, 1.165) is 11.0 Å². The van der Waals surface area contributed by atoms with E-state index in [9.17, 15) is 27.6 Å². The number of nitrogens with one attached hydrogen (secondary N) is 5. The van der Waals surface area contributed by atoms with Gasteiger partial charge in [0.25, 0.3) is 0 Å². The Kier molecular flexibility index (Phi) is 12.3. The number of primary amides is 1. The minimum absolute atomic E-state index is 0.0216. The van der Waals surface area contributed by atoms with Gasteiger partial charge < -0.3 is 27.4 Å². The van der Waals surface area contributed by atoms with Crippen molar-refractivity contribution >= 4 is 61.0 Å². The third kappa shape index (κ3) is 11.0. The second-order valence-electron chi connectivity index (χ2n) is 10.1. The number of Topliss-reactive ketones (excluding diaryl/α,β-unsaturated/α-hetero) is 1. The molecule has 0 radical (unpaired) electrons. The van der Waals surface area contributed by atoms with Crippen LogP contribution in [0.4, 0.5) is 0 Å². The standard InChI is InChI=1S/C28H36N8O6S2/c1-44(41,42)36-20(13-14-23(29)37)25(39)34-21(16-17-8-3-2-4-9-17)26(40)33-19(11-7-15-32-28(30)31)24(38)27-35-18-10-5-6-12-22(18)43-27/h2-6,8-10,12,19-21,36H,7,11,13-16H2,1H3,(H2,29,37)(H,33,40)(H,34,39)(H4,30,31,32)/t19?,20-,21-/m0/s1. The Morgan fingerprint density at radius 2 is 1.55 bits per heavy atom. The molecule has 14 nitrogen and oxygen atoms in total. The first kappa shape index (κ1) is 34.1. The third-order valence-corrected chi connectivity index (χ3v) is 8.15. The summed E-state index contributed by atoms with van der Waals surface area (Å²) >= 11 is 1.19. The van der Waals surface area contributed by atoms with Gasteiger partial charge in [-0.1, -0.05) is 42.5 Å². The number of rotatable bonds is 17. The molecule has 0 saturated heterocycles. The van der Waals surface area contributed by atoms with Crippen LogP contribution in [0.5, 0.6) is 0 Å². The summed E-state index contributed by atoms with van der Waals surface area (Å²) in [7, 11) is -3.87. The van der Waals surface area contributed by atoms with Crippen molar-refractivity contribution in [3.8, 4) is 0 Å². The van der Waals surface area contributed by atoms with Gasteiger partial charge in [-0.05, 0) is 37.0 Å². The van der Waals surface area contributed by atoms with Crippen LogP contribution in [-0.4, -0.2) is 73.8 Å². The number of guanidine groups is 1. The van der Waals surface area contributed by atoms with Crippen molar-refractivity contribution in [1.29, 1.82) is 5.41 Å². The van der Waals surface area contributed by atoms with Crippen molar-refractivity contribution in [2.75, 3.05) is 12.8 Å². The van der Waals surface area contributed by atoms with E-state index in [1.54, 1.807) is 42.5 Å². The van der Waals surface area contributed by atoms with Gasteiger partial charge in [0.15, 0.2) is 11.0 Å². The second kappa shape index (κ2) is 15.9. The third-order valence-electron chi connectivity index (χ3n) is 6.39. The van der Waals surface area contributed by atoms with Crippen LogP contribution in [0.1, 0.15) is 41.0 Å². The van der Waals surface area contributed by atoms with E-state index in [1.165, 1.54) is 11.3 Å². The Morgan fingerprint density at radius 1 is 0.909 bits per heavy atom.